The molecular formula is C11H16N2. The van der Waals surface area contributed by atoms with Gasteiger partial charge in [0.1, 0.15) is 0 Å². The minimum Gasteiger partial charge on any atom is -0.357 e. The van der Waals surface area contributed by atoms with E-state index in [2.05, 4.69) is 48.0 Å². The Labute approximate surface area is 79.8 Å². The Morgan fingerprint density at radius 2 is 1.77 bits per heavy atom. The van der Waals surface area contributed by atoms with Crippen molar-refractivity contribution in [3.05, 3.63) is 29.8 Å². The van der Waals surface area contributed by atoms with Crippen molar-refractivity contribution in [2.24, 2.45) is 0 Å². The molecule has 2 rings (SSSR count). The molecule has 0 amide bonds. The second-order valence-corrected chi connectivity index (χ2v) is 3.82. The molecule has 0 atom stereocenters. The lowest BCUT2D eigenvalue weighted by Crippen LogP contribution is -2.22. The second kappa shape index (κ2) is 3.38. The first-order valence-electron chi connectivity index (χ1n) is 4.76. The van der Waals surface area contributed by atoms with E-state index in [1.807, 2.05) is 0 Å². The third-order valence-corrected chi connectivity index (χ3v) is 2.56. The first kappa shape index (κ1) is 8.57. The fourth-order valence-corrected chi connectivity index (χ4v) is 1.69. The molecule has 1 aliphatic rings. The average Bonchev–Trinajstić information content (AvgIpc) is 2.53. The van der Waals surface area contributed by atoms with E-state index >= 15 is 0 Å². The Hall–Kier alpha value is -1.02. The summed E-state index contributed by atoms with van der Waals surface area (Å²) >= 11 is 0. The maximum Gasteiger partial charge on any atom is 0.0705 e. The van der Waals surface area contributed by atoms with Gasteiger partial charge in [0.05, 0.1) is 6.67 Å². The molecule has 0 aromatic heterocycles. The molecule has 70 valence electrons. The van der Waals surface area contributed by atoms with Gasteiger partial charge in [-0.1, -0.05) is 17.7 Å². The standard InChI is InChI=1S/C11H16N2/c1-10-3-5-11(6-4-10)13-8-7-12(2)9-13/h3-6H,7-9H2,1-2H3. The number of anilines is 1. The molecule has 2 heteroatoms. The van der Waals surface area contributed by atoms with Crippen molar-refractivity contribution >= 4 is 5.69 Å². The van der Waals surface area contributed by atoms with Gasteiger partial charge in [0.2, 0.25) is 0 Å². The maximum atomic E-state index is 2.40. The van der Waals surface area contributed by atoms with Crippen LogP contribution in [0.2, 0.25) is 0 Å². The molecule has 2 nitrogen and oxygen atoms in total. The summed E-state index contributed by atoms with van der Waals surface area (Å²) < 4.78 is 0. The number of aryl methyl sites for hydroxylation is 1. The van der Waals surface area contributed by atoms with Gasteiger partial charge >= 0.3 is 0 Å². The van der Waals surface area contributed by atoms with E-state index in [1.54, 1.807) is 0 Å². The molecule has 1 fully saturated rings. The SMILES string of the molecule is Cc1ccc(N2CCN(C)C2)cc1. The normalized spacial score (nSPS) is 18.2. The second-order valence-electron chi connectivity index (χ2n) is 3.82. The van der Waals surface area contributed by atoms with Crippen LogP contribution in [-0.4, -0.2) is 31.7 Å². The first-order valence-corrected chi connectivity index (χ1v) is 4.76. The van der Waals surface area contributed by atoms with E-state index in [4.69, 9.17) is 0 Å². The monoisotopic (exact) mass is 176 g/mol. The Morgan fingerprint density at radius 3 is 2.31 bits per heavy atom. The highest BCUT2D eigenvalue weighted by atomic mass is 15.4. The van der Waals surface area contributed by atoms with Crippen LogP contribution in [0.1, 0.15) is 5.56 Å². The van der Waals surface area contributed by atoms with Crippen LogP contribution < -0.4 is 4.90 Å². The summed E-state index contributed by atoms with van der Waals surface area (Å²) in [5.74, 6) is 0. The van der Waals surface area contributed by atoms with Gasteiger partial charge in [-0.05, 0) is 26.1 Å². The van der Waals surface area contributed by atoms with E-state index in [-0.39, 0.29) is 0 Å². The average molecular weight is 176 g/mol. The maximum absolute atomic E-state index is 2.40. The van der Waals surface area contributed by atoms with Crippen LogP contribution in [0.3, 0.4) is 0 Å². The van der Waals surface area contributed by atoms with E-state index in [9.17, 15) is 0 Å². The predicted molar refractivity (Wildman–Crippen MR) is 56.0 cm³/mol. The lowest BCUT2D eigenvalue weighted by molar-refractivity contribution is 0.421. The highest BCUT2D eigenvalue weighted by Crippen LogP contribution is 2.17. The van der Waals surface area contributed by atoms with Gasteiger partial charge in [-0.25, -0.2) is 0 Å². The molecule has 0 saturated carbocycles. The van der Waals surface area contributed by atoms with Crippen LogP contribution in [-0.2, 0) is 0 Å². The van der Waals surface area contributed by atoms with Crippen LogP contribution in [0.5, 0.6) is 0 Å². The molecule has 1 aromatic rings. The van der Waals surface area contributed by atoms with E-state index in [0.29, 0.717) is 0 Å². The van der Waals surface area contributed by atoms with Crippen molar-refractivity contribution in [1.82, 2.24) is 4.90 Å². The zero-order chi connectivity index (χ0) is 9.26. The molecule has 1 saturated heterocycles. The quantitative estimate of drug-likeness (QED) is 0.642. The number of benzene rings is 1. The first-order chi connectivity index (χ1) is 6.25. The minimum atomic E-state index is 1.06. The fraction of sp³-hybridized carbons (Fsp3) is 0.455. The van der Waals surface area contributed by atoms with E-state index in [0.717, 1.165) is 13.2 Å². The zero-order valence-electron chi connectivity index (χ0n) is 8.33. The number of hydrogen-bond acceptors (Lipinski definition) is 2. The molecule has 0 N–H and O–H groups in total. The predicted octanol–water partition coefficient (Wildman–Crippen LogP) is 1.70. The third-order valence-electron chi connectivity index (χ3n) is 2.56. The Bertz CT molecular complexity index is 279. The molecule has 0 aliphatic carbocycles. The zero-order valence-corrected chi connectivity index (χ0v) is 8.33. The van der Waals surface area contributed by atoms with Crippen molar-refractivity contribution in [3.63, 3.8) is 0 Å². The summed E-state index contributed by atoms with van der Waals surface area (Å²) in [6.45, 7) is 5.51. The van der Waals surface area contributed by atoms with Gasteiger partial charge in [-0.2, -0.15) is 0 Å². The molecule has 0 radical (unpaired) electrons. The van der Waals surface area contributed by atoms with Gasteiger partial charge in [0.15, 0.2) is 0 Å². The summed E-state index contributed by atoms with van der Waals surface area (Å²) in [5, 5.41) is 0. The summed E-state index contributed by atoms with van der Waals surface area (Å²) in [6, 6.07) is 8.75. The highest BCUT2D eigenvalue weighted by Gasteiger charge is 2.15. The molecule has 1 aliphatic heterocycles. The Kier molecular flexibility index (Phi) is 2.23. The smallest absolute Gasteiger partial charge is 0.0705 e. The molecular weight excluding hydrogens is 160 g/mol. The van der Waals surface area contributed by atoms with Crippen LogP contribution in [0.4, 0.5) is 5.69 Å². The lowest BCUT2D eigenvalue weighted by Gasteiger charge is -2.17. The van der Waals surface area contributed by atoms with Crippen molar-refractivity contribution in [1.29, 1.82) is 0 Å². The van der Waals surface area contributed by atoms with Crippen molar-refractivity contribution < 1.29 is 0 Å². The molecule has 13 heavy (non-hydrogen) atoms. The van der Waals surface area contributed by atoms with Gasteiger partial charge < -0.3 is 4.90 Å². The topological polar surface area (TPSA) is 6.48 Å². The van der Waals surface area contributed by atoms with Crippen molar-refractivity contribution in [2.75, 3.05) is 31.7 Å². The lowest BCUT2D eigenvalue weighted by atomic mass is 10.2. The summed E-state index contributed by atoms with van der Waals surface area (Å²) in [6.07, 6.45) is 0. The van der Waals surface area contributed by atoms with Gasteiger partial charge in [-0.15, -0.1) is 0 Å². The van der Waals surface area contributed by atoms with Gasteiger partial charge in [0.25, 0.3) is 0 Å². The molecule has 0 spiro atoms. The Morgan fingerprint density at radius 1 is 1.08 bits per heavy atom. The van der Waals surface area contributed by atoms with E-state index < -0.39 is 0 Å². The van der Waals surface area contributed by atoms with Crippen molar-refractivity contribution in [3.8, 4) is 0 Å². The molecule has 0 bridgehead atoms. The van der Waals surface area contributed by atoms with Crippen LogP contribution in [0.15, 0.2) is 24.3 Å². The molecule has 0 unspecified atom stereocenters. The van der Waals surface area contributed by atoms with Crippen LogP contribution in [0.25, 0.3) is 0 Å². The minimum absolute atomic E-state index is 1.06. The number of hydrogen-bond donors (Lipinski definition) is 0. The highest BCUT2D eigenvalue weighted by molar-refractivity contribution is 5.48. The van der Waals surface area contributed by atoms with Crippen molar-refractivity contribution in [2.45, 2.75) is 6.92 Å². The van der Waals surface area contributed by atoms with Gasteiger partial charge in [0, 0.05) is 18.8 Å². The largest absolute Gasteiger partial charge is 0.357 e. The number of rotatable bonds is 1. The fourth-order valence-electron chi connectivity index (χ4n) is 1.69. The summed E-state index contributed by atoms with van der Waals surface area (Å²) in [5.41, 5.74) is 2.67. The van der Waals surface area contributed by atoms with Crippen LogP contribution in [0, 0.1) is 6.92 Å². The Balaban J connectivity index is 2.13. The summed E-state index contributed by atoms with van der Waals surface area (Å²) in [4.78, 5) is 4.74. The number of likely N-dealkylation sites (N-methyl/N-ethyl adjacent to an activating group) is 1. The van der Waals surface area contributed by atoms with Crippen LogP contribution >= 0.6 is 0 Å². The molecule has 1 aromatic carbocycles. The third kappa shape index (κ3) is 1.83. The molecule has 1 heterocycles. The number of nitrogens with zero attached hydrogens (tertiary/aromatic N) is 2. The van der Waals surface area contributed by atoms with Gasteiger partial charge in [-0.3, -0.25) is 4.90 Å². The van der Waals surface area contributed by atoms with E-state index in [1.165, 1.54) is 17.8 Å². The summed E-state index contributed by atoms with van der Waals surface area (Å²) in [7, 11) is 2.16.